The molecule has 0 heterocycles. The molecule has 0 saturated heterocycles. The standard InChI is InChI=1S/C19H22I2N2O/c1-5-8-23(4)12-22-18-9-14(3)19(10-13(18)2)24-15-6-7-16(20)17(21)11-15/h6-7,9-12H,5,8H2,1-4H3/b22-12+. The Balaban J connectivity index is 2.21. The fraction of sp³-hybridized carbons (Fsp3) is 0.316. The second-order valence-electron chi connectivity index (χ2n) is 5.81. The maximum Gasteiger partial charge on any atom is 0.130 e. The SMILES string of the molecule is CCCN(C)/C=N/c1cc(C)c(Oc2ccc(I)c(I)c2)cc1C. The van der Waals surface area contributed by atoms with Crippen molar-refractivity contribution >= 4 is 57.2 Å². The molecule has 5 heteroatoms. The van der Waals surface area contributed by atoms with Crippen LogP contribution in [-0.2, 0) is 0 Å². The van der Waals surface area contributed by atoms with Gasteiger partial charge in [-0.1, -0.05) is 6.92 Å². The van der Waals surface area contributed by atoms with Crippen LogP contribution in [0.4, 0.5) is 5.69 Å². The molecule has 0 aliphatic heterocycles. The summed E-state index contributed by atoms with van der Waals surface area (Å²) in [5.41, 5.74) is 3.18. The molecule has 0 amide bonds. The van der Waals surface area contributed by atoms with E-state index in [1.807, 2.05) is 19.5 Å². The minimum absolute atomic E-state index is 0.862. The summed E-state index contributed by atoms with van der Waals surface area (Å²) in [7, 11) is 2.05. The van der Waals surface area contributed by atoms with E-state index in [2.05, 4.69) is 100 Å². The van der Waals surface area contributed by atoms with E-state index < -0.39 is 0 Å². The van der Waals surface area contributed by atoms with Gasteiger partial charge in [0.25, 0.3) is 0 Å². The van der Waals surface area contributed by atoms with E-state index in [0.717, 1.165) is 41.3 Å². The number of benzene rings is 2. The molecule has 2 aromatic carbocycles. The van der Waals surface area contributed by atoms with E-state index in [4.69, 9.17) is 4.74 Å². The van der Waals surface area contributed by atoms with Crippen LogP contribution >= 0.6 is 45.2 Å². The van der Waals surface area contributed by atoms with Crippen LogP contribution in [0.2, 0.25) is 0 Å². The number of halogens is 2. The van der Waals surface area contributed by atoms with Gasteiger partial charge in [0.2, 0.25) is 0 Å². The fourth-order valence-corrected chi connectivity index (χ4v) is 3.08. The largest absolute Gasteiger partial charge is 0.457 e. The van der Waals surface area contributed by atoms with Crippen LogP contribution in [0.15, 0.2) is 35.3 Å². The maximum atomic E-state index is 6.07. The molecule has 0 N–H and O–H groups in total. The van der Waals surface area contributed by atoms with Gasteiger partial charge < -0.3 is 9.64 Å². The summed E-state index contributed by atoms with van der Waals surface area (Å²) < 4.78 is 8.50. The summed E-state index contributed by atoms with van der Waals surface area (Å²) in [5, 5.41) is 0. The number of hydrogen-bond acceptors (Lipinski definition) is 2. The van der Waals surface area contributed by atoms with E-state index in [1.54, 1.807) is 0 Å². The summed E-state index contributed by atoms with van der Waals surface area (Å²) in [4.78, 5) is 6.71. The number of hydrogen-bond donors (Lipinski definition) is 0. The van der Waals surface area contributed by atoms with Crippen molar-refractivity contribution in [1.82, 2.24) is 4.90 Å². The molecule has 0 unspecified atom stereocenters. The van der Waals surface area contributed by atoms with Crippen molar-refractivity contribution in [2.45, 2.75) is 27.2 Å². The predicted octanol–water partition coefficient (Wildman–Crippen LogP) is 6.31. The predicted molar refractivity (Wildman–Crippen MR) is 119 cm³/mol. The van der Waals surface area contributed by atoms with Gasteiger partial charge in [-0.2, -0.15) is 0 Å². The van der Waals surface area contributed by atoms with Crippen molar-refractivity contribution in [3.63, 3.8) is 0 Å². The Labute approximate surface area is 171 Å². The fourth-order valence-electron chi connectivity index (χ4n) is 2.26. The molecule has 0 aliphatic rings. The zero-order valence-electron chi connectivity index (χ0n) is 14.4. The molecule has 0 saturated carbocycles. The van der Waals surface area contributed by atoms with Crippen molar-refractivity contribution in [2.24, 2.45) is 4.99 Å². The van der Waals surface area contributed by atoms with Crippen molar-refractivity contribution in [3.05, 3.63) is 48.6 Å². The summed E-state index contributed by atoms with van der Waals surface area (Å²) >= 11 is 4.65. The minimum atomic E-state index is 0.862. The van der Waals surface area contributed by atoms with Crippen LogP contribution < -0.4 is 4.74 Å². The molecule has 3 nitrogen and oxygen atoms in total. The summed E-state index contributed by atoms with van der Waals surface area (Å²) in [5.74, 6) is 1.74. The van der Waals surface area contributed by atoms with E-state index in [0.29, 0.717) is 0 Å². The van der Waals surface area contributed by atoms with Gasteiger partial charge >= 0.3 is 0 Å². The lowest BCUT2D eigenvalue weighted by molar-refractivity contribution is 0.478. The van der Waals surface area contributed by atoms with Gasteiger partial charge in [-0.25, -0.2) is 4.99 Å². The van der Waals surface area contributed by atoms with Gasteiger partial charge in [-0.3, -0.25) is 0 Å². The van der Waals surface area contributed by atoms with Crippen LogP contribution in [0.3, 0.4) is 0 Å². The van der Waals surface area contributed by atoms with Gasteiger partial charge in [-0.05, 0) is 107 Å². The highest BCUT2D eigenvalue weighted by atomic mass is 127. The first kappa shape index (κ1) is 19.5. The minimum Gasteiger partial charge on any atom is -0.457 e. The molecular weight excluding hydrogens is 526 g/mol. The topological polar surface area (TPSA) is 24.8 Å². The van der Waals surface area contributed by atoms with Crippen LogP contribution in [-0.4, -0.2) is 24.8 Å². The number of nitrogens with zero attached hydrogens (tertiary/aromatic N) is 2. The van der Waals surface area contributed by atoms with Crippen LogP contribution in [0, 0.1) is 21.0 Å². The molecule has 2 rings (SSSR count). The lowest BCUT2D eigenvalue weighted by Gasteiger charge is -2.13. The third-order valence-electron chi connectivity index (χ3n) is 3.58. The van der Waals surface area contributed by atoms with Gasteiger partial charge in [0.1, 0.15) is 11.5 Å². The molecule has 0 atom stereocenters. The highest BCUT2D eigenvalue weighted by Gasteiger charge is 2.07. The Bertz CT molecular complexity index is 744. The molecular formula is C19H22I2N2O. The lowest BCUT2D eigenvalue weighted by Crippen LogP contribution is -2.16. The van der Waals surface area contributed by atoms with E-state index >= 15 is 0 Å². The average Bonchev–Trinajstić information content (AvgIpc) is 2.53. The third-order valence-corrected chi connectivity index (χ3v) is 6.45. The van der Waals surface area contributed by atoms with Crippen LogP contribution in [0.25, 0.3) is 0 Å². The van der Waals surface area contributed by atoms with Crippen molar-refractivity contribution in [1.29, 1.82) is 0 Å². The maximum absolute atomic E-state index is 6.07. The Morgan fingerprint density at radius 3 is 2.50 bits per heavy atom. The first-order chi connectivity index (χ1) is 11.4. The molecule has 0 spiro atoms. The molecule has 24 heavy (non-hydrogen) atoms. The number of aryl methyl sites for hydroxylation is 2. The van der Waals surface area contributed by atoms with Crippen molar-refractivity contribution < 1.29 is 4.74 Å². The zero-order chi connectivity index (χ0) is 17.7. The molecule has 2 aromatic rings. The molecule has 0 aromatic heterocycles. The second kappa shape index (κ2) is 9.03. The quantitative estimate of drug-likeness (QED) is 0.241. The Morgan fingerprint density at radius 1 is 1.08 bits per heavy atom. The lowest BCUT2D eigenvalue weighted by atomic mass is 10.1. The van der Waals surface area contributed by atoms with E-state index in [-0.39, 0.29) is 0 Å². The summed E-state index contributed by atoms with van der Waals surface area (Å²) in [6, 6.07) is 10.3. The van der Waals surface area contributed by atoms with E-state index in [1.165, 1.54) is 7.14 Å². The first-order valence-corrected chi connectivity index (χ1v) is 10.0. The monoisotopic (exact) mass is 548 g/mol. The molecule has 0 radical (unpaired) electrons. The van der Waals surface area contributed by atoms with Gasteiger partial charge in [0.05, 0.1) is 12.0 Å². The normalized spacial score (nSPS) is 11.1. The highest BCUT2D eigenvalue weighted by Crippen LogP contribution is 2.32. The molecule has 0 bridgehead atoms. The molecule has 128 valence electrons. The second-order valence-corrected chi connectivity index (χ2v) is 8.13. The molecule has 0 fully saturated rings. The zero-order valence-corrected chi connectivity index (χ0v) is 18.8. The number of aliphatic imine (C=N–C) groups is 1. The number of rotatable bonds is 6. The van der Waals surface area contributed by atoms with Gasteiger partial charge in [0.15, 0.2) is 0 Å². The van der Waals surface area contributed by atoms with Crippen molar-refractivity contribution in [2.75, 3.05) is 13.6 Å². The Kier molecular flexibility index (Phi) is 7.34. The summed E-state index contributed by atoms with van der Waals surface area (Å²) in [6.07, 6.45) is 3.01. The number of ether oxygens (including phenoxy) is 1. The van der Waals surface area contributed by atoms with Crippen molar-refractivity contribution in [3.8, 4) is 11.5 Å². The van der Waals surface area contributed by atoms with Gasteiger partial charge in [0, 0.05) is 20.7 Å². The first-order valence-electron chi connectivity index (χ1n) is 7.89. The molecule has 0 aliphatic carbocycles. The average molecular weight is 548 g/mol. The van der Waals surface area contributed by atoms with E-state index in [9.17, 15) is 0 Å². The Hall–Kier alpha value is -0.830. The third kappa shape index (κ3) is 5.34. The van der Waals surface area contributed by atoms with Crippen LogP contribution in [0.5, 0.6) is 11.5 Å². The van der Waals surface area contributed by atoms with Crippen LogP contribution in [0.1, 0.15) is 24.5 Å². The smallest absolute Gasteiger partial charge is 0.130 e. The highest BCUT2D eigenvalue weighted by molar-refractivity contribution is 14.1. The summed E-state index contributed by atoms with van der Waals surface area (Å²) in [6.45, 7) is 7.30. The van der Waals surface area contributed by atoms with Gasteiger partial charge in [-0.15, -0.1) is 0 Å². The Morgan fingerprint density at radius 2 is 1.83 bits per heavy atom.